The molecule has 21 heavy (non-hydrogen) atoms. The van der Waals surface area contributed by atoms with Crippen molar-refractivity contribution < 1.29 is 4.79 Å². The Labute approximate surface area is 132 Å². The molecule has 1 fully saturated rings. The summed E-state index contributed by atoms with van der Waals surface area (Å²) in [7, 11) is 0. The molecule has 1 amide bonds. The molecule has 0 heterocycles. The van der Waals surface area contributed by atoms with Gasteiger partial charge in [0.2, 0.25) is 5.91 Å². The number of hydrogen-bond donors (Lipinski definition) is 1. The Balaban J connectivity index is 2.02. The summed E-state index contributed by atoms with van der Waals surface area (Å²) < 4.78 is 0. The van der Waals surface area contributed by atoms with E-state index in [-0.39, 0.29) is 17.4 Å². The first-order valence-electron chi connectivity index (χ1n) is 7.57. The molecular formula is C17H25ClN2O. The van der Waals surface area contributed by atoms with Gasteiger partial charge in [-0.3, -0.25) is 4.79 Å². The predicted molar refractivity (Wildman–Crippen MR) is 87.1 cm³/mol. The molecule has 1 aromatic carbocycles. The normalized spacial score (nSPS) is 16.6. The topological polar surface area (TPSA) is 46.3 Å². The molecule has 1 saturated carbocycles. The molecule has 0 aliphatic heterocycles. The van der Waals surface area contributed by atoms with E-state index in [1.54, 1.807) is 0 Å². The van der Waals surface area contributed by atoms with Crippen molar-refractivity contribution in [1.29, 1.82) is 0 Å². The fourth-order valence-corrected chi connectivity index (χ4v) is 2.33. The highest BCUT2D eigenvalue weighted by atomic mass is 35.5. The molecule has 0 radical (unpaired) electrons. The van der Waals surface area contributed by atoms with E-state index in [1.165, 1.54) is 0 Å². The number of halogens is 1. The highest BCUT2D eigenvalue weighted by molar-refractivity contribution is 6.30. The molecule has 3 nitrogen and oxygen atoms in total. The third kappa shape index (κ3) is 4.72. The summed E-state index contributed by atoms with van der Waals surface area (Å²) in [6.07, 6.45) is 2.61. The van der Waals surface area contributed by atoms with Gasteiger partial charge in [-0.15, -0.1) is 0 Å². The third-order valence-corrected chi connectivity index (χ3v) is 4.33. The molecule has 1 aliphatic rings. The first-order valence-corrected chi connectivity index (χ1v) is 7.94. The second-order valence-electron chi connectivity index (χ2n) is 7.06. The van der Waals surface area contributed by atoms with Gasteiger partial charge in [0.1, 0.15) is 0 Å². The largest absolute Gasteiger partial charge is 0.335 e. The van der Waals surface area contributed by atoms with E-state index in [4.69, 9.17) is 17.3 Å². The van der Waals surface area contributed by atoms with Gasteiger partial charge in [-0.2, -0.15) is 0 Å². The Morgan fingerprint density at radius 1 is 1.33 bits per heavy atom. The molecule has 0 bridgehead atoms. The summed E-state index contributed by atoms with van der Waals surface area (Å²) in [5, 5.41) is 0.720. The number of benzene rings is 1. The van der Waals surface area contributed by atoms with Crippen molar-refractivity contribution in [3.63, 3.8) is 0 Å². The molecule has 1 aliphatic carbocycles. The van der Waals surface area contributed by atoms with E-state index in [0.29, 0.717) is 19.0 Å². The summed E-state index contributed by atoms with van der Waals surface area (Å²) in [5.41, 5.74) is 7.22. The lowest BCUT2D eigenvalue weighted by atomic mass is 9.85. The van der Waals surface area contributed by atoms with Crippen LogP contribution in [0, 0.1) is 5.41 Å². The molecule has 116 valence electrons. The van der Waals surface area contributed by atoms with Crippen LogP contribution in [0.25, 0.3) is 0 Å². The zero-order valence-corrected chi connectivity index (χ0v) is 13.9. The smallest absolute Gasteiger partial charge is 0.224 e. The van der Waals surface area contributed by atoms with Crippen molar-refractivity contribution >= 4 is 17.5 Å². The maximum Gasteiger partial charge on any atom is 0.224 e. The monoisotopic (exact) mass is 308 g/mol. The number of carbonyl (C=O) groups is 1. The average Bonchev–Trinajstić information content (AvgIpc) is 3.21. The third-order valence-electron chi connectivity index (χ3n) is 4.08. The number of carbonyl (C=O) groups excluding carboxylic acids is 1. The summed E-state index contributed by atoms with van der Waals surface area (Å²) >= 11 is 5.91. The van der Waals surface area contributed by atoms with Crippen LogP contribution in [0.1, 0.15) is 45.6 Å². The lowest BCUT2D eigenvalue weighted by molar-refractivity contribution is -0.133. The fraction of sp³-hybridized carbons (Fsp3) is 0.588. The standard InChI is InChI=1S/C17H25ClN2O/c1-17(2,3)15(19)10-16(21)20(14-8-9-14)11-12-4-6-13(18)7-5-12/h4-7,14-15H,8-11,19H2,1-3H3. The molecular weight excluding hydrogens is 284 g/mol. The van der Waals surface area contributed by atoms with Gasteiger partial charge in [0.25, 0.3) is 0 Å². The summed E-state index contributed by atoms with van der Waals surface area (Å²) in [6, 6.07) is 7.97. The Hall–Kier alpha value is -1.06. The molecule has 4 heteroatoms. The molecule has 0 aromatic heterocycles. The van der Waals surface area contributed by atoms with Crippen LogP contribution in [-0.2, 0) is 11.3 Å². The maximum atomic E-state index is 12.6. The van der Waals surface area contributed by atoms with Crippen LogP contribution in [0.4, 0.5) is 0 Å². The minimum Gasteiger partial charge on any atom is -0.335 e. The molecule has 0 saturated heterocycles. The number of rotatable bonds is 5. The minimum absolute atomic E-state index is 0.0504. The highest BCUT2D eigenvalue weighted by Crippen LogP contribution is 2.30. The highest BCUT2D eigenvalue weighted by Gasteiger charge is 2.34. The molecule has 2 rings (SSSR count). The van der Waals surface area contributed by atoms with Gasteiger partial charge in [0.05, 0.1) is 0 Å². The van der Waals surface area contributed by atoms with Crippen molar-refractivity contribution in [2.45, 2.75) is 58.7 Å². The van der Waals surface area contributed by atoms with Gasteiger partial charge in [-0.1, -0.05) is 44.5 Å². The van der Waals surface area contributed by atoms with Crippen molar-refractivity contribution in [2.75, 3.05) is 0 Å². The van der Waals surface area contributed by atoms with Crippen LogP contribution >= 0.6 is 11.6 Å². The van der Waals surface area contributed by atoms with E-state index >= 15 is 0 Å². The quantitative estimate of drug-likeness (QED) is 0.903. The first-order chi connectivity index (χ1) is 9.77. The van der Waals surface area contributed by atoms with Gasteiger partial charge in [0.15, 0.2) is 0 Å². The van der Waals surface area contributed by atoms with Crippen LogP contribution in [0.3, 0.4) is 0 Å². The Morgan fingerprint density at radius 3 is 2.38 bits per heavy atom. The minimum atomic E-state index is -0.114. The van der Waals surface area contributed by atoms with Crippen LogP contribution in [-0.4, -0.2) is 22.9 Å². The number of hydrogen-bond acceptors (Lipinski definition) is 2. The fourth-order valence-electron chi connectivity index (χ4n) is 2.21. The van der Waals surface area contributed by atoms with E-state index in [9.17, 15) is 4.79 Å². The molecule has 1 atom stereocenters. The molecule has 0 spiro atoms. The molecule has 1 aromatic rings. The molecule has 1 unspecified atom stereocenters. The van der Waals surface area contributed by atoms with Gasteiger partial charge >= 0.3 is 0 Å². The first kappa shape index (κ1) is 16.3. The van der Waals surface area contributed by atoms with Crippen molar-refractivity contribution in [1.82, 2.24) is 4.90 Å². The Kier molecular flexibility index (Phi) is 4.95. The summed E-state index contributed by atoms with van der Waals surface area (Å²) in [4.78, 5) is 14.6. The van der Waals surface area contributed by atoms with E-state index in [1.807, 2.05) is 29.2 Å². The molecule has 2 N–H and O–H groups in total. The summed E-state index contributed by atoms with van der Waals surface area (Å²) in [5.74, 6) is 0.162. The zero-order valence-electron chi connectivity index (χ0n) is 13.1. The summed E-state index contributed by atoms with van der Waals surface area (Å²) in [6.45, 7) is 6.88. The van der Waals surface area contributed by atoms with Crippen LogP contribution < -0.4 is 5.73 Å². The SMILES string of the molecule is CC(C)(C)C(N)CC(=O)N(Cc1ccc(Cl)cc1)C1CC1. The number of nitrogens with zero attached hydrogens (tertiary/aromatic N) is 1. The van der Waals surface area contributed by atoms with Crippen LogP contribution in [0.2, 0.25) is 5.02 Å². The van der Waals surface area contributed by atoms with Gasteiger partial charge in [-0.25, -0.2) is 0 Å². The average molecular weight is 309 g/mol. The number of amides is 1. The number of nitrogens with two attached hydrogens (primary N) is 1. The van der Waals surface area contributed by atoms with E-state index in [2.05, 4.69) is 20.8 Å². The Morgan fingerprint density at radius 2 is 1.90 bits per heavy atom. The van der Waals surface area contributed by atoms with Crippen molar-refractivity contribution in [3.8, 4) is 0 Å². The van der Waals surface area contributed by atoms with Gasteiger partial charge < -0.3 is 10.6 Å². The Bertz CT molecular complexity index is 489. The lowest BCUT2D eigenvalue weighted by Gasteiger charge is -2.30. The van der Waals surface area contributed by atoms with Gasteiger partial charge in [0, 0.05) is 30.1 Å². The van der Waals surface area contributed by atoms with Crippen LogP contribution in [0.5, 0.6) is 0 Å². The van der Waals surface area contributed by atoms with E-state index < -0.39 is 0 Å². The lowest BCUT2D eigenvalue weighted by Crippen LogP contribution is -2.42. The van der Waals surface area contributed by atoms with E-state index in [0.717, 1.165) is 23.4 Å². The second-order valence-corrected chi connectivity index (χ2v) is 7.49. The predicted octanol–water partition coefficient (Wildman–Crippen LogP) is 3.59. The van der Waals surface area contributed by atoms with Gasteiger partial charge in [-0.05, 0) is 36.0 Å². The second kappa shape index (κ2) is 6.37. The zero-order chi connectivity index (χ0) is 15.6. The van der Waals surface area contributed by atoms with Crippen LogP contribution in [0.15, 0.2) is 24.3 Å². The van der Waals surface area contributed by atoms with Crippen molar-refractivity contribution in [3.05, 3.63) is 34.9 Å². The van der Waals surface area contributed by atoms with Crippen molar-refractivity contribution in [2.24, 2.45) is 11.1 Å². The maximum absolute atomic E-state index is 12.6.